The van der Waals surface area contributed by atoms with Gasteiger partial charge in [0, 0.05) is 24.1 Å². The molecule has 7 nitrogen and oxygen atoms in total. The number of ether oxygens (including phenoxy) is 2. The molecule has 4 rings (SSSR count). The molecule has 0 saturated carbocycles. The SMILES string of the molecule is O=C(Nc1ccc2c(c1)OCO2)c1cnc(Nc2c(F)cccc2F)nc1. The van der Waals surface area contributed by atoms with Gasteiger partial charge in [0.25, 0.3) is 5.91 Å². The average Bonchev–Trinajstić information content (AvgIpc) is 3.13. The van der Waals surface area contributed by atoms with Gasteiger partial charge in [-0.1, -0.05) is 6.07 Å². The molecule has 0 radical (unpaired) electrons. The molecule has 0 bridgehead atoms. The molecular formula is C18H12F2N4O3. The summed E-state index contributed by atoms with van der Waals surface area (Å²) in [7, 11) is 0. The predicted octanol–water partition coefficient (Wildman–Crippen LogP) is 3.48. The number of benzene rings is 2. The monoisotopic (exact) mass is 370 g/mol. The minimum atomic E-state index is -0.775. The lowest BCUT2D eigenvalue weighted by molar-refractivity contribution is 0.102. The summed E-state index contributed by atoms with van der Waals surface area (Å²) >= 11 is 0. The van der Waals surface area contributed by atoms with Gasteiger partial charge < -0.3 is 20.1 Å². The van der Waals surface area contributed by atoms with Crippen molar-refractivity contribution in [2.75, 3.05) is 17.4 Å². The van der Waals surface area contributed by atoms with Crippen LogP contribution in [0.1, 0.15) is 10.4 Å². The van der Waals surface area contributed by atoms with Crippen molar-refractivity contribution >= 4 is 23.2 Å². The van der Waals surface area contributed by atoms with E-state index < -0.39 is 17.5 Å². The van der Waals surface area contributed by atoms with Crippen LogP contribution in [0.15, 0.2) is 48.8 Å². The Morgan fingerprint density at radius 2 is 1.70 bits per heavy atom. The third kappa shape index (κ3) is 3.47. The van der Waals surface area contributed by atoms with Gasteiger partial charge in [-0.2, -0.15) is 0 Å². The minimum absolute atomic E-state index is 0.0429. The van der Waals surface area contributed by atoms with Gasteiger partial charge in [-0.25, -0.2) is 18.7 Å². The van der Waals surface area contributed by atoms with Gasteiger partial charge >= 0.3 is 0 Å². The lowest BCUT2D eigenvalue weighted by Crippen LogP contribution is -2.13. The Labute approximate surface area is 152 Å². The number of fused-ring (bicyclic) bond motifs is 1. The Bertz CT molecular complexity index is 992. The molecule has 1 aliphatic rings. The summed E-state index contributed by atoms with van der Waals surface area (Å²) < 4.78 is 37.7. The Kier molecular flexibility index (Phi) is 4.25. The third-order valence-electron chi connectivity index (χ3n) is 3.74. The van der Waals surface area contributed by atoms with Crippen LogP contribution in [0.25, 0.3) is 0 Å². The van der Waals surface area contributed by atoms with E-state index in [-0.39, 0.29) is 24.0 Å². The van der Waals surface area contributed by atoms with Gasteiger partial charge in [0.15, 0.2) is 11.5 Å². The topological polar surface area (TPSA) is 85.4 Å². The van der Waals surface area contributed by atoms with Crippen LogP contribution in [0.2, 0.25) is 0 Å². The van der Waals surface area contributed by atoms with Crippen LogP contribution >= 0.6 is 0 Å². The first-order valence-electron chi connectivity index (χ1n) is 7.84. The van der Waals surface area contributed by atoms with E-state index in [0.29, 0.717) is 17.2 Å². The molecule has 2 aromatic carbocycles. The number of carbonyl (C=O) groups excluding carboxylic acids is 1. The maximum atomic E-state index is 13.6. The molecule has 0 saturated heterocycles. The Balaban J connectivity index is 1.46. The highest BCUT2D eigenvalue weighted by Gasteiger charge is 2.15. The van der Waals surface area contributed by atoms with E-state index in [2.05, 4.69) is 20.6 Å². The van der Waals surface area contributed by atoms with Gasteiger partial charge in [-0.05, 0) is 24.3 Å². The standard InChI is InChI=1S/C18H12F2N4O3/c19-12-2-1-3-13(20)16(12)24-18-21-7-10(8-22-18)17(25)23-11-4-5-14-15(6-11)27-9-26-14/h1-8H,9H2,(H,23,25)(H,21,22,24). The van der Waals surface area contributed by atoms with E-state index in [4.69, 9.17) is 9.47 Å². The van der Waals surface area contributed by atoms with Crippen molar-refractivity contribution in [1.82, 2.24) is 9.97 Å². The average molecular weight is 370 g/mol. The molecule has 9 heteroatoms. The lowest BCUT2D eigenvalue weighted by Gasteiger charge is -2.08. The van der Waals surface area contributed by atoms with Crippen molar-refractivity contribution < 1.29 is 23.0 Å². The number of para-hydroxylation sites is 1. The zero-order valence-electron chi connectivity index (χ0n) is 13.7. The molecule has 0 fully saturated rings. The van der Waals surface area contributed by atoms with Crippen LogP contribution in [0, 0.1) is 11.6 Å². The number of halogens is 2. The molecule has 1 amide bonds. The van der Waals surface area contributed by atoms with Gasteiger partial charge in [-0.15, -0.1) is 0 Å². The summed E-state index contributed by atoms with van der Waals surface area (Å²) in [6, 6.07) is 8.46. The largest absolute Gasteiger partial charge is 0.454 e. The number of nitrogens with zero attached hydrogens (tertiary/aromatic N) is 2. The first-order valence-corrected chi connectivity index (χ1v) is 7.84. The second kappa shape index (κ2) is 6.87. The Hall–Kier alpha value is -3.75. The number of hydrogen-bond acceptors (Lipinski definition) is 6. The molecule has 0 atom stereocenters. The predicted molar refractivity (Wildman–Crippen MR) is 92.2 cm³/mol. The smallest absolute Gasteiger partial charge is 0.258 e. The van der Waals surface area contributed by atoms with E-state index >= 15 is 0 Å². The van der Waals surface area contributed by atoms with Crippen molar-refractivity contribution in [3.05, 3.63) is 66.0 Å². The number of amides is 1. The van der Waals surface area contributed by atoms with Crippen LogP contribution in [0.5, 0.6) is 11.5 Å². The molecule has 1 aliphatic heterocycles. The molecule has 27 heavy (non-hydrogen) atoms. The van der Waals surface area contributed by atoms with Gasteiger partial charge in [0.1, 0.15) is 17.3 Å². The van der Waals surface area contributed by atoms with Crippen molar-refractivity contribution in [3.63, 3.8) is 0 Å². The summed E-state index contributed by atoms with van der Waals surface area (Å²) in [5.74, 6) is -0.898. The lowest BCUT2D eigenvalue weighted by atomic mass is 10.2. The third-order valence-corrected chi connectivity index (χ3v) is 3.74. The fraction of sp³-hybridized carbons (Fsp3) is 0.0556. The van der Waals surface area contributed by atoms with E-state index in [1.807, 2.05) is 0 Å². The molecule has 2 N–H and O–H groups in total. The Morgan fingerprint density at radius 1 is 1.00 bits per heavy atom. The van der Waals surface area contributed by atoms with Crippen LogP contribution in [0.4, 0.5) is 26.1 Å². The highest BCUT2D eigenvalue weighted by atomic mass is 19.1. The van der Waals surface area contributed by atoms with E-state index in [0.717, 1.165) is 12.1 Å². The number of carbonyl (C=O) groups is 1. The summed E-state index contributed by atoms with van der Waals surface area (Å²) in [6.45, 7) is 0.137. The fourth-order valence-corrected chi connectivity index (χ4v) is 2.42. The quantitative estimate of drug-likeness (QED) is 0.731. The van der Waals surface area contributed by atoms with Crippen molar-refractivity contribution in [1.29, 1.82) is 0 Å². The van der Waals surface area contributed by atoms with Crippen LogP contribution in [-0.2, 0) is 0 Å². The molecule has 2 heterocycles. The van der Waals surface area contributed by atoms with Crippen molar-refractivity contribution in [2.45, 2.75) is 0 Å². The van der Waals surface area contributed by atoms with Crippen LogP contribution < -0.4 is 20.1 Å². The molecule has 0 unspecified atom stereocenters. The molecule has 1 aromatic heterocycles. The molecular weight excluding hydrogens is 358 g/mol. The molecule has 0 spiro atoms. The second-order valence-corrected chi connectivity index (χ2v) is 5.54. The van der Waals surface area contributed by atoms with E-state index in [9.17, 15) is 13.6 Å². The van der Waals surface area contributed by atoms with Gasteiger partial charge in [-0.3, -0.25) is 4.79 Å². The first-order chi connectivity index (χ1) is 13.1. The van der Waals surface area contributed by atoms with Crippen molar-refractivity contribution in [2.24, 2.45) is 0 Å². The maximum Gasteiger partial charge on any atom is 0.258 e. The van der Waals surface area contributed by atoms with Crippen LogP contribution in [-0.4, -0.2) is 22.7 Å². The molecule has 136 valence electrons. The van der Waals surface area contributed by atoms with Crippen molar-refractivity contribution in [3.8, 4) is 11.5 Å². The number of hydrogen-bond donors (Lipinski definition) is 2. The zero-order valence-corrected chi connectivity index (χ0v) is 13.7. The number of aromatic nitrogens is 2. The maximum absolute atomic E-state index is 13.6. The van der Waals surface area contributed by atoms with Gasteiger partial charge in [0.2, 0.25) is 12.7 Å². The highest BCUT2D eigenvalue weighted by Crippen LogP contribution is 2.34. The fourth-order valence-electron chi connectivity index (χ4n) is 2.42. The second-order valence-electron chi connectivity index (χ2n) is 5.54. The highest BCUT2D eigenvalue weighted by molar-refractivity contribution is 6.04. The summed E-state index contributed by atoms with van der Waals surface area (Å²) in [6.07, 6.45) is 2.49. The number of rotatable bonds is 4. The summed E-state index contributed by atoms with van der Waals surface area (Å²) in [4.78, 5) is 20.1. The van der Waals surface area contributed by atoms with Crippen LogP contribution in [0.3, 0.4) is 0 Å². The van der Waals surface area contributed by atoms with Gasteiger partial charge in [0.05, 0.1) is 5.56 Å². The summed E-state index contributed by atoms with van der Waals surface area (Å²) in [5.41, 5.74) is 0.321. The minimum Gasteiger partial charge on any atom is -0.454 e. The summed E-state index contributed by atoms with van der Waals surface area (Å²) in [5, 5.41) is 5.13. The Morgan fingerprint density at radius 3 is 2.44 bits per heavy atom. The van der Waals surface area contributed by atoms with E-state index in [1.165, 1.54) is 18.5 Å². The number of nitrogens with one attached hydrogen (secondary N) is 2. The first kappa shape index (κ1) is 16.7. The number of anilines is 3. The van der Waals surface area contributed by atoms with E-state index in [1.54, 1.807) is 18.2 Å². The molecule has 0 aliphatic carbocycles. The molecule has 3 aromatic rings. The normalized spacial score (nSPS) is 11.9. The zero-order chi connectivity index (χ0) is 18.8.